The second-order valence-corrected chi connectivity index (χ2v) is 11.1. The lowest BCUT2D eigenvalue weighted by Gasteiger charge is -2.29. The van der Waals surface area contributed by atoms with Crippen LogP contribution in [0.2, 0.25) is 0 Å². The van der Waals surface area contributed by atoms with Crippen molar-refractivity contribution in [2.75, 3.05) is 7.11 Å². The number of ketones is 1. The summed E-state index contributed by atoms with van der Waals surface area (Å²) in [6.45, 7) is 2.21. The van der Waals surface area contributed by atoms with Crippen molar-refractivity contribution >= 4 is 65.2 Å². The summed E-state index contributed by atoms with van der Waals surface area (Å²) in [5.41, 5.74) is 5.55. The van der Waals surface area contributed by atoms with Crippen molar-refractivity contribution in [2.45, 2.75) is 19.4 Å². The van der Waals surface area contributed by atoms with E-state index in [0.29, 0.717) is 43.7 Å². The van der Waals surface area contributed by atoms with Crippen LogP contribution in [0.1, 0.15) is 39.9 Å². The zero-order valence-electron chi connectivity index (χ0n) is 19.3. The summed E-state index contributed by atoms with van der Waals surface area (Å²) in [7, 11) is 1.35. The molecule has 5 rings (SSSR count). The number of hydrogen-bond acceptors (Lipinski definition) is 5. The topological polar surface area (TPSA) is 64.6 Å². The average Bonchev–Trinajstić information content (AvgIpc) is 3.14. The molecule has 0 spiro atoms. The highest BCUT2D eigenvalue weighted by Gasteiger charge is 2.43. The Balaban J connectivity index is 1.57. The van der Waals surface area contributed by atoms with E-state index in [9.17, 15) is 9.59 Å². The highest BCUT2D eigenvalue weighted by atomic mass is 79.9. The Morgan fingerprint density at radius 1 is 0.972 bits per heavy atom. The molecule has 36 heavy (non-hydrogen) atoms. The first-order chi connectivity index (χ1) is 17.3. The quantitative estimate of drug-likeness (QED) is 0.288. The first-order valence-electron chi connectivity index (χ1n) is 11.1. The summed E-state index contributed by atoms with van der Waals surface area (Å²) >= 11 is 10.7. The van der Waals surface area contributed by atoms with Gasteiger partial charge in [-0.05, 0) is 74.2 Å². The van der Waals surface area contributed by atoms with Gasteiger partial charge in [-0.2, -0.15) is 0 Å². The molecule has 1 aliphatic heterocycles. The van der Waals surface area contributed by atoms with Crippen molar-refractivity contribution in [3.05, 3.63) is 113 Å². The van der Waals surface area contributed by atoms with Gasteiger partial charge in [-0.15, -0.1) is 0 Å². The van der Waals surface area contributed by atoms with E-state index >= 15 is 0 Å². The minimum atomic E-state index is -0.610. The highest BCUT2D eigenvalue weighted by Crippen LogP contribution is 2.48. The molecule has 0 amide bonds. The molecular formula is C28H20Br3NO4. The molecule has 3 aromatic carbocycles. The maximum absolute atomic E-state index is 13.6. The zero-order chi connectivity index (χ0) is 25.6. The molecule has 1 N–H and O–H groups in total. The number of carbonyl (C=O) groups excluding carboxylic acids is 2. The Morgan fingerprint density at radius 3 is 2.25 bits per heavy atom. The van der Waals surface area contributed by atoms with Crippen LogP contribution < -0.4 is 10.1 Å². The summed E-state index contributed by atoms with van der Waals surface area (Å²) < 4.78 is 13.6. The minimum Gasteiger partial charge on any atom is -0.487 e. The largest absolute Gasteiger partial charge is 0.487 e. The van der Waals surface area contributed by atoms with Crippen LogP contribution in [0.5, 0.6) is 5.75 Å². The monoisotopic (exact) mass is 671 g/mol. The van der Waals surface area contributed by atoms with Crippen molar-refractivity contribution in [3.8, 4) is 5.75 Å². The normalized spacial score (nSPS) is 16.5. The molecule has 182 valence electrons. The molecule has 0 unspecified atom stereocenters. The Bertz CT molecular complexity index is 1450. The van der Waals surface area contributed by atoms with Gasteiger partial charge in [-0.25, -0.2) is 4.79 Å². The third kappa shape index (κ3) is 4.35. The SMILES string of the molecule is COC(=O)C1=C(C)NC2=C(C(=O)c3ccccc32)[C@H]1c1cc(Br)c(OCc2ccc(Br)cc2)c(Br)c1. The molecule has 2 aliphatic rings. The van der Waals surface area contributed by atoms with Crippen LogP contribution in [0.4, 0.5) is 0 Å². The van der Waals surface area contributed by atoms with Crippen LogP contribution in [-0.4, -0.2) is 18.9 Å². The number of methoxy groups -OCH3 is 1. The molecule has 3 aromatic rings. The van der Waals surface area contributed by atoms with Crippen LogP contribution in [0, 0.1) is 0 Å². The second kappa shape index (κ2) is 10.00. The first-order valence-corrected chi connectivity index (χ1v) is 13.5. The number of rotatable bonds is 5. The number of fused-ring (bicyclic) bond motifs is 2. The number of nitrogens with one attached hydrogen (secondary N) is 1. The van der Waals surface area contributed by atoms with Crippen molar-refractivity contribution in [3.63, 3.8) is 0 Å². The Hall–Kier alpha value is -2.68. The Labute approximate surface area is 234 Å². The first kappa shape index (κ1) is 25.0. The number of halogens is 3. The zero-order valence-corrected chi connectivity index (χ0v) is 24.1. The molecule has 1 heterocycles. The van der Waals surface area contributed by atoms with Gasteiger partial charge in [0, 0.05) is 32.8 Å². The highest BCUT2D eigenvalue weighted by molar-refractivity contribution is 9.11. The fraction of sp³-hybridized carbons (Fsp3) is 0.143. The molecule has 1 atom stereocenters. The van der Waals surface area contributed by atoms with Crippen molar-refractivity contribution < 1.29 is 19.1 Å². The van der Waals surface area contributed by atoms with Gasteiger partial charge in [0.2, 0.25) is 0 Å². The predicted octanol–water partition coefficient (Wildman–Crippen LogP) is 7.29. The van der Waals surface area contributed by atoms with E-state index in [1.807, 2.05) is 67.6 Å². The third-order valence-corrected chi connectivity index (χ3v) is 8.01. The lowest BCUT2D eigenvalue weighted by molar-refractivity contribution is -0.136. The van der Waals surface area contributed by atoms with E-state index in [1.165, 1.54) is 7.11 Å². The van der Waals surface area contributed by atoms with Crippen LogP contribution in [0.15, 0.2) is 90.9 Å². The van der Waals surface area contributed by atoms with Crippen LogP contribution >= 0.6 is 47.8 Å². The van der Waals surface area contributed by atoms with Crippen molar-refractivity contribution in [1.29, 1.82) is 0 Å². The molecule has 0 aromatic heterocycles. The standard InChI is InChI=1S/C28H20Br3NO4/c1-14-22(28(34)35-2)23(24-25(32-14)18-5-3-4-6-19(18)26(24)33)16-11-20(30)27(21(31)12-16)36-13-15-7-9-17(29)10-8-15/h3-12,23,32H,13H2,1-2H3/t23-/m0/s1. The fourth-order valence-electron chi connectivity index (χ4n) is 4.66. The van der Waals surface area contributed by atoms with Gasteiger partial charge >= 0.3 is 5.97 Å². The number of dihydropyridines is 1. The summed E-state index contributed by atoms with van der Waals surface area (Å²) in [6, 6.07) is 19.2. The van der Waals surface area contributed by atoms with E-state index in [0.717, 1.165) is 26.9 Å². The number of allylic oxidation sites excluding steroid dienone is 2. The summed E-state index contributed by atoms with van der Waals surface area (Å²) in [4.78, 5) is 26.5. The van der Waals surface area contributed by atoms with Crippen molar-refractivity contribution in [2.24, 2.45) is 0 Å². The summed E-state index contributed by atoms with van der Waals surface area (Å²) in [5, 5.41) is 3.30. The predicted molar refractivity (Wildman–Crippen MR) is 149 cm³/mol. The van der Waals surface area contributed by atoms with Gasteiger partial charge in [0.25, 0.3) is 0 Å². The molecule has 8 heteroatoms. The van der Waals surface area contributed by atoms with E-state index < -0.39 is 11.9 Å². The maximum atomic E-state index is 13.6. The molecule has 0 saturated heterocycles. The van der Waals surface area contributed by atoms with Crippen molar-refractivity contribution in [1.82, 2.24) is 5.32 Å². The average molecular weight is 674 g/mol. The number of carbonyl (C=O) groups is 2. The van der Waals surface area contributed by atoms with Gasteiger partial charge in [0.05, 0.1) is 27.3 Å². The molecule has 0 fully saturated rings. The maximum Gasteiger partial charge on any atom is 0.336 e. The van der Waals surface area contributed by atoms with Gasteiger partial charge in [0.15, 0.2) is 5.78 Å². The van der Waals surface area contributed by atoms with E-state index in [1.54, 1.807) is 0 Å². The van der Waals surface area contributed by atoms with Gasteiger partial charge in [-0.1, -0.05) is 52.3 Å². The van der Waals surface area contributed by atoms with E-state index in [4.69, 9.17) is 9.47 Å². The number of hydrogen-bond donors (Lipinski definition) is 1. The van der Waals surface area contributed by atoms with Gasteiger partial charge < -0.3 is 14.8 Å². The van der Waals surface area contributed by atoms with Crippen LogP contribution in [0.25, 0.3) is 5.70 Å². The number of ether oxygens (including phenoxy) is 2. The third-order valence-electron chi connectivity index (χ3n) is 6.30. The second-order valence-electron chi connectivity index (χ2n) is 8.48. The van der Waals surface area contributed by atoms with Crippen LogP contribution in [-0.2, 0) is 16.1 Å². The molecule has 5 nitrogen and oxygen atoms in total. The Kier molecular flexibility index (Phi) is 6.94. The van der Waals surface area contributed by atoms with E-state index in [-0.39, 0.29) is 5.78 Å². The minimum absolute atomic E-state index is 0.102. The molecule has 1 aliphatic carbocycles. The van der Waals surface area contributed by atoms with E-state index in [2.05, 4.69) is 53.1 Å². The number of Topliss-reactive ketones (excluding diaryl/α,β-unsaturated/α-hetero) is 1. The summed E-state index contributed by atoms with van der Waals surface area (Å²) in [6.07, 6.45) is 0. The number of benzene rings is 3. The fourth-order valence-corrected chi connectivity index (χ4v) is 6.38. The molecule has 0 radical (unpaired) electrons. The lowest BCUT2D eigenvalue weighted by atomic mass is 9.80. The number of esters is 1. The molecule has 0 bridgehead atoms. The molecular weight excluding hydrogens is 654 g/mol. The van der Waals surface area contributed by atoms with Crippen LogP contribution in [0.3, 0.4) is 0 Å². The summed E-state index contributed by atoms with van der Waals surface area (Å²) in [5.74, 6) is -0.564. The van der Waals surface area contributed by atoms with Gasteiger partial charge in [-0.3, -0.25) is 4.79 Å². The molecule has 0 saturated carbocycles. The Morgan fingerprint density at radius 2 is 1.61 bits per heavy atom. The smallest absolute Gasteiger partial charge is 0.336 e. The lowest BCUT2D eigenvalue weighted by Crippen LogP contribution is -2.29. The van der Waals surface area contributed by atoms with Gasteiger partial charge in [0.1, 0.15) is 12.4 Å².